The quantitative estimate of drug-likeness (QED) is 0.435. The number of fused-ring (bicyclic) bond motifs is 3. The molecule has 40 heavy (non-hydrogen) atoms. The van der Waals surface area contributed by atoms with Crippen LogP contribution in [-0.2, 0) is 22.7 Å². The lowest BCUT2D eigenvalue weighted by atomic mass is 10.1. The molecule has 1 amide bonds. The van der Waals surface area contributed by atoms with Crippen LogP contribution in [-0.4, -0.2) is 78.9 Å². The molecule has 0 spiro atoms. The van der Waals surface area contributed by atoms with Gasteiger partial charge in [-0.25, -0.2) is 9.59 Å². The van der Waals surface area contributed by atoms with E-state index >= 15 is 0 Å². The van der Waals surface area contributed by atoms with Gasteiger partial charge in [0.25, 0.3) is 5.91 Å². The Morgan fingerprint density at radius 2 is 1.55 bits per heavy atom. The lowest BCUT2D eigenvalue weighted by Crippen LogP contribution is -2.49. The molecule has 3 aromatic rings. The summed E-state index contributed by atoms with van der Waals surface area (Å²) < 4.78 is 65.7. The predicted octanol–water partition coefficient (Wildman–Crippen LogP) is 4.29. The summed E-state index contributed by atoms with van der Waals surface area (Å²) in [6.07, 6.45) is -4.38. The monoisotopic (exact) mass is 592 g/mol. The highest BCUT2D eigenvalue weighted by Gasteiger charge is 2.45. The molecule has 0 aromatic carbocycles. The summed E-state index contributed by atoms with van der Waals surface area (Å²) in [6.45, 7) is 3.42. The van der Waals surface area contributed by atoms with Crippen LogP contribution in [0.5, 0.6) is 0 Å². The van der Waals surface area contributed by atoms with Gasteiger partial charge in [0.15, 0.2) is 0 Å². The Labute approximate surface area is 226 Å². The van der Waals surface area contributed by atoms with Gasteiger partial charge >= 0.3 is 24.3 Å². The molecule has 5 rings (SSSR count). The number of carbonyl (C=O) groups excluding carboxylic acids is 1. The normalized spacial score (nSPS) is 18.6. The van der Waals surface area contributed by atoms with Crippen molar-refractivity contribution in [3.63, 3.8) is 0 Å². The Bertz CT molecular complexity index is 1270. The van der Waals surface area contributed by atoms with Crippen LogP contribution >= 0.6 is 11.3 Å². The maximum atomic E-state index is 13.1. The molecule has 216 valence electrons. The van der Waals surface area contributed by atoms with E-state index in [2.05, 4.69) is 49.1 Å². The molecule has 2 aliphatic rings. The third-order valence-corrected chi connectivity index (χ3v) is 6.73. The predicted molar refractivity (Wildman–Crippen MR) is 128 cm³/mol. The number of likely N-dealkylation sites (tertiary alicyclic amines) is 1. The number of pyridine rings is 1. The van der Waals surface area contributed by atoms with E-state index in [-0.39, 0.29) is 11.9 Å². The zero-order chi connectivity index (χ0) is 29.7. The maximum absolute atomic E-state index is 13.1. The molecule has 0 aliphatic carbocycles. The lowest BCUT2D eigenvalue weighted by molar-refractivity contribution is -0.193. The second-order valence-electron chi connectivity index (χ2n) is 8.61. The number of rotatable bonds is 4. The van der Waals surface area contributed by atoms with E-state index in [1.54, 1.807) is 17.5 Å². The third-order valence-electron chi connectivity index (χ3n) is 5.87. The van der Waals surface area contributed by atoms with E-state index in [9.17, 15) is 31.1 Å². The smallest absolute Gasteiger partial charge is 0.475 e. The molecular weight excluding hydrogens is 570 g/mol. The fraction of sp³-hybridized carbons (Fsp3) is 0.333. The number of carbonyl (C=O) groups is 3. The fourth-order valence-corrected chi connectivity index (χ4v) is 4.93. The van der Waals surface area contributed by atoms with Crippen molar-refractivity contribution in [1.29, 1.82) is 0 Å². The number of amides is 1. The molecule has 0 radical (unpaired) electrons. The molecule has 2 atom stereocenters. The number of halogens is 6. The van der Waals surface area contributed by atoms with Crippen LogP contribution < -0.4 is 0 Å². The van der Waals surface area contributed by atoms with Crippen molar-refractivity contribution in [3.05, 3.63) is 76.5 Å². The Morgan fingerprint density at radius 1 is 0.925 bits per heavy atom. The van der Waals surface area contributed by atoms with Crippen LogP contribution in [0.15, 0.2) is 60.4 Å². The first-order chi connectivity index (χ1) is 18.7. The Hall–Kier alpha value is -3.92. The molecular formula is C24H22F6N4O5S. The van der Waals surface area contributed by atoms with Crippen LogP contribution in [0.25, 0.3) is 0 Å². The minimum atomic E-state index is -5.08. The summed E-state index contributed by atoms with van der Waals surface area (Å²) in [7, 11) is 0. The van der Waals surface area contributed by atoms with E-state index < -0.39 is 24.3 Å². The van der Waals surface area contributed by atoms with Crippen LogP contribution in [0.3, 0.4) is 0 Å². The van der Waals surface area contributed by atoms with Crippen LogP contribution in [0.4, 0.5) is 26.3 Å². The van der Waals surface area contributed by atoms with Gasteiger partial charge in [0.2, 0.25) is 0 Å². The second kappa shape index (κ2) is 12.5. The summed E-state index contributed by atoms with van der Waals surface area (Å²) in [5, 5.41) is 16.3. The number of aromatic nitrogens is 2. The van der Waals surface area contributed by atoms with Gasteiger partial charge in [-0.15, -0.1) is 11.3 Å². The van der Waals surface area contributed by atoms with Gasteiger partial charge in [-0.3, -0.25) is 14.7 Å². The molecule has 1 fully saturated rings. The van der Waals surface area contributed by atoms with Gasteiger partial charge < -0.3 is 19.7 Å². The van der Waals surface area contributed by atoms with Crippen molar-refractivity contribution >= 4 is 29.2 Å². The summed E-state index contributed by atoms with van der Waals surface area (Å²) in [5.74, 6) is -5.37. The number of nitrogens with zero attached hydrogens (tertiary/aromatic N) is 4. The van der Waals surface area contributed by atoms with E-state index in [1.165, 1.54) is 10.4 Å². The Balaban J connectivity index is 0.000000263. The Morgan fingerprint density at radius 3 is 2.08 bits per heavy atom. The van der Waals surface area contributed by atoms with Gasteiger partial charge in [0.1, 0.15) is 5.69 Å². The first-order valence-corrected chi connectivity index (χ1v) is 12.3. The molecule has 0 saturated carbocycles. The highest BCUT2D eigenvalue weighted by Crippen LogP contribution is 2.35. The van der Waals surface area contributed by atoms with Crippen LogP contribution in [0, 0.1) is 0 Å². The first kappa shape index (κ1) is 30.6. The SMILES string of the molecule is O=C(O)C(F)(F)F.O=C(O)C(F)(F)F.O=C1c2cccn2C2CN(Cc3cccnc3)CC2N1Cc1cccs1. The third kappa shape index (κ3) is 7.81. The van der Waals surface area contributed by atoms with Crippen molar-refractivity contribution in [2.45, 2.75) is 37.5 Å². The van der Waals surface area contributed by atoms with E-state index in [0.717, 1.165) is 25.3 Å². The molecule has 2 N–H and O–H groups in total. The molecule has 2 unspecified atom stereocenters. The van der Waals surface area contributed by atoms with Crippen molar-refractivity contribution in [1.82, 2.24) is 19.4 Å². The maximum Gasteiger partial charge on any atom is 0.490 e. The number of carboxylic acids is 2. The first-order valence-electron chi connectivity index (χ1n) is 11.4. The summed E-state index contributed by atoms with van der Waals surface area (Å²) in [6, 6.07) is 12.7. The molecule has 1 saturated heterocycles. The minimum Gasteiger partial charge on any atom is -0.475 e. The van der Waals surface area contributed by atoms with Crippen molar-refractivity contribution in [3.8, 4) is 0 Å². The topological polar surface area (TPSA) is 116 Å². The van der Waals surface area contributed by atoms with Crippen molar-refractivity contribution in [2.24, 2.45) is 0 Å². The van der Waals surface area contributed by atoms with Crippen molar-refractivity contribution in [2.75, 3.05) is 13.1 Å². The molecule has 9 nitrogen and oxygen atoms in total. The summed E-state index contributed by atoms with van der Waals surface area (Å²) in [4.78, 5) is 40.9. The standard InChI is InChI=1S/C20H20N4OS.2C2HF3O2/c25-20-17-6-2-8-23(17)18-13-22(11-15-4-1-7-21-10-15)14-19(18)24(20)12-16-5-3-9-26-16;2*3-2(4,5)1(6)7/h1-10,18-19H,11-14H2;2*(H,6,7). The summed E-state index contributed by atoms with van der Waals surface area (Å²) >= 11 is 1.72. The van der Waals surface area contributed by atoms with Gasteiger partial charge in [0, 0.05) is 43.1 Å². The van der Waals surface area contributed by atoms with Gasteiger partial charge in [-0.2, -0.15) is 26.3 Å². The Kier molecular flexibility index (Phi) is 9.57. The number of aliphatic carboxylic acids is 2. The zero-order valence-corrected chi connectivity index (χ0v) is 21.2. The number of alkyl halides is 6. The highest BCUT2D eigenvalue weighted by atomic mass is 32.1. The van der Waals surface area contributed by atoms with Crippen LogP contribution in [0.2, 0.25) is 0 Å². The summed E-state index contributed by atoms with van der Waals surface area (Å²) in [5.41, 5.74) is 2.03. The van der Waals surface area contributed by atoms with E-state index in [1.807, 2.05) is 24.4 Å². The van der Waals surface area contributed by atoms with Gasteiger partial charge in [0.05, 0.1) is 18.6 Å². The van der Waals surface area contributed by atoms with Crippen LogP contribution in [0.1, 0.15) is 27.0 Å². The van der Waals surface area contributed by atoms with Crippen molar-refractivity contribution < 1.29 is 50.9 Å². The number of thiophene rings is 1. The number of carboxylic acid groups (broad SMARTS) is 2. The zero-order valence-electron chi connectivity index (χ0n) is 20.3. The average Bonchev–Trinajstić information content (AvgIpc) is 3.63. The van der Waals surface area contributed by atoms with E-state index in [4.69, 9.17) is 19.8 Å². The molecule has 2 aliphatic heterocycles. The van der Waals surface area contributed by atoms with E-state index in [0.29, 0.717) is 12.6 Å². The molecule has 0 bridgehead atoms. The highest BCUT2D eigenvalue weighted by molar-refractivity contribution is 7.09. The lowest BCUT2D eigenvalue weighted by Gasteiger charge is -2.38. The fourth-order valence-electron chi connectivity index (χ4n) is 4.23. The number of hydrogen-bond acceptors (Lipinski definition) is 6. The minimum absolute atomic E-state index is 0.146. The average molecular weight is 593 g/mol. The molecule has 5 heterocycles. The molecule has 16 heteroatoms. The molecule has 3 aromatic heterocycles. The van der Waals surface area contributed by atoms with Gasteiger partial charge in [-0.05, 0) is 35.2 Å². The number of hydrogen-bond donors (Lipinski definition) is 2. The second-order valence-corrected chi connectivity index (χ2v) is 9.64. The largest absolute Gasteiger partial charge is 0.490 e. The van der Waals surface area contributed by atoms with Gasteiger partial charge in [-0.1, -0.05) is 12.1 Å².